The number of rotatable bonds is 7. The molecule has 2 aromatic carbocycles. The molecule has 0 saturated heterocycles. The summed E-state index contributed by atoms with van der Waals surface area (Å²) in [5.41, 5.74) is 4.07. The molecule has 138 valence electrons. The SMILES string of the molecule is CC(=O)N(CCC(=O)Nc1ccc(N(C)C)cc1)Cc1ccccc1C. The minimum atomic E-state index is -0.0985. The van der Waals surface area contributed by atoms with Crippen LogP contribution in [0.3, 0.4) is 0 Å². The van der Waals surface area contributed by atoms with Crippen LogP contribution in [0.5, 0.6) is 0 Å². The number of nitrogens with one attached hydrogen (secondary N) is 1. The molecule has 0 atom stereocenters. The number of carbonyl (C=O) groups excluding carboxylic acids is 2. The van der Waals surface area contributed by atoms with Crippen molar-refractivity contribution in [3.8, 4) is 0 Å². The van der Waals surface area contributed by atoms with Crippen LogP contribution >= 0.6 is 0 Å². The smallest absolute Gasteiger partial charge is 0.226 e. The molecular formula is C21H27N3O2. The number of benzene rings is 2. The van der Waals surface area contributed by atoms with E-state index in [0.717, 1.165) is 22.5 Å². The lowest BCUT2D eigenvalue weighted by molar-refractivity contribution is -0.129. The summed E-state index contributed by atoms with van der Waals surface area (Å²) in [6, 6.07) is 15.6. The Morgan fingerprint density at radius 2 is 1.65 bits per heavy atom. The van der Waals surface area contributed by atoms with Crippen LogP contribution < -0.4 is 10.2 Å². The predicted molar refractivity (Wildman–Crippen MR) is 106 cm³/mol. The van der Waals surface area contributed by atoms with Crippen LogP contribution in [0.4, 0.5) is 11.4 Å². The highest BCUT2D eigenvalue weighted by Crippen LogP contribution is 2.16. The van der Waals surface area contributed by atoms with E-state index < -0.39 is 0 Å². The zero-order chi connectivity index (χ0) is 19.1. The van der Waals surface area contributed by atoms with Gasteiger partial charge in [0.1, 0.15) is 0 Å². The quantitative estimate of drug-likeness (QED) is 0.830. The minimum absolute atomic E-state index is 0.0311. The van der Waals surface area contributed by atoms with Crippen molar-refractivity contribution >= 4 is 23.2 Å². The van der Waals surface area contributed by atoms with Crippen molar-refractivity contribution in [2.24, 2.45) is 0 Å². The Balaban J connectivity index is 1.91. The van der Waals surface area contributed by atoms with Gasteiger partial charge in [0.15, 0.2) is 0 Å². The van der Waals surface area contributed by atoms with Crippen molar-refractivity contribution in [2.45, 2.75) is 26.8 Å². The maximum atomic E-state index is 12.2. The van der Waals surface area contributed by atoms with E-state index in [0.29, 0.717) is 13.1 Å². The highest BCUT2D eigenvalue weighted by molar-refractivity contribution is 5.91. The number of anilines is 2. The monoisotopic (exact) mass is 353 g/mol. The molecule has 2 rings (SSSR count). The molecule has 0 aromatic heterocycles. The van der Waals surface area contributed by atoms with Gasteiger partial charge in [-0.15, -0.1) is 0 Å². The van der Waals surface area contributed by atoms with Gasteiger partial charge >= 0.3 is 0 Å². The molecule has 2 amide bonds. The first-order valence-corrected chi connectivity index (χ1v) is 8.74. The Morgan fingerprint density at radius 1 is 1.00 bits per heavy atom. The molecule has 0 spiro atoms. The van der Waals surface area contributed by atoms with Crippen molar-refractivity contribution in [3.05, 3.63) is 59.7 Å². The highest BCUT2D eigenvalue weighted by Gasteiger charge is 2.13. The first-order valence-electron chi connectivity index (χ1n) is 8.74. The summed E-state index contributed by atoms with van der Waals surface area (Å²) in [4.78, 5) is 27.8. The van der Waals surface area contributed by atoms with Crippen LogP contribution in [0.15, 0.2) is 48.5 Å². The van der Waals surface area contributed by atoms with Gasteiger partial charge < -0.3 is 15.1 Å². The van der Waals surface area contributed by atoms with E-state index in [4.69, 9.17) is 0 Å². The van der Waals surface area contributed by atoms with E-state index in [1.165, 1.54) is 6.92 Å². The first kappa shape index (κ1) is 19.5. The molecular weight excluding hydrogens is 326 g/mol. The van der Waals surface area contributed by atoms with Gasteiger partial charge in [0.2, 0.25) is 11.8 Å². The predicted octanol–water partition coefficient (Wildman–Crippen LogP) is 3.44. The van der Waals surface area contributed by atoms with Gasteiger partial charge in [-0.3, -0.25) is 9.59 Å². The number of nitrogens with zero attached hydrogens (tertiary/aromatic N) is 2. The van der Waals surface area contributed by atoms with Gasteiger partial charge in [0, 0.05) is 51.9 Å². The fourth-order valence-electron chi connectivity index (χ4n) is 2.64. The van der Waals surface area contributed by atoms with Gasteiger partial charge in [-0.2, -0.15) is 0 Å². The second-order valence-corrected chi connectivity index (χ2v) is 6.61. The lowest BCUT2D eigenvalue weighted by Gasteiger charge is -2.22. The van der Waals surface area contributed by atoms with Gasteiger partial charge in [-0.1, -0.05) is 24.3 Å². The third kappa shape index (κ3) is 5.62. The van der Waals surface area contributed by atoms with E-state index in [2.05, 4.69) is 5.32 Å². The molecule has 0 fully saturated rings. The molecule has 0 unspecified atom stereocenters. The number of hydrogen-bond acceptors (Lipinski definition) is 3. The van der Waals surface area contributed by atoms with Crippen LogP contribution in [0.1, 0.15) is 24.5 Å². The molecule has 2 aromatic rings. The van der Waals surface area contributed by atoms with Crippen molar-refractivity contribution in [2.75, 3.05) is 30.9 Å². The molecule has 0 heterocycles. The summed E-state index contributed by atoms with van der Waals surface area (Å²) >= 11 is 0. The summed E-state index contributed by atoms with van der Waals surface area (Å²) in [6.07, 6.45) is 0.265. The van der Waals surface area contributed by atoms with Crippen molar-refractivity contribution < 1.29 is 9.59 Å². The normalized spacial score (nSPS) is 10.3. The van der Waals surface area contributed by atoms with Crippen LogP contribution in [0.25, 0.3) is 0 Å². The summed E-state index contributed by atoms with van der Waals surface area (Å²) < 4.78 is 0. The maximum Gasteiger partial charge on any atom is 0.226 e. The average Bonchev–Trinajstić information content (AvgIpc) is 2.60. The van der Waals surface area contributed by atoms with Crippen molar-refractivity contribution in [1.82, 2.24) is 4.90 Å². The average molecular weight is 353 g/mol. The molecule has 5 heteroatoms. The Labute approximate surface area is 155 Å². The minimum Gasteiger partial charge on any atom is -0.378 e. The molecule has 0 bridgehead atoms. The third-order valence-electron chi connectivity index (χ3n) is 4.34. The Hall–Kier alpha value is -2.82. The van der Waals surface area contributed by atoms with Gasteiger partial charge in [-0.05, 0) is 42.3 Å². The molecule has 1 N–H and O–H groups in total. The number of hydrogen-bond donors (Lipinski definition) is 1. The van der Waals surface area contributed by atoms with Crippen LogP contribution in [-0.2, 0) is 16.1 Å². The Kier molecular flexibility index (Phi) is 6.78. The van der Waals surface area contributed by atoms with Crippen LogP contribution in [0, 0.1) is 6.92 Å². The van der Waals surface area contributed by atoms with Crippen LogP contribution in [-0.4, -0.2) is 37.4 Å². The topological polar surface area (TPSA) is 52.7 Å². The molecule has 0 saturated carbocycles. The van der Waals surface area contributed by atoms with Gasteiger partial charge in [0.25, 0.3) is 0 Å². The van der Waals surface area contributed by atoms with E-state index in [9.17, 15) is 9.59 Å². The third-order valence-corrected chi connectivity index (χ3v) is 4.34. The zero-order valence-corrected chi connectivity index (χ0v) is 16.0. The standard InChI is InChI=1S/C21H27N3O2/c1-16-7-5-6-8-18(16)15-24(17(2)25)14-13-21(26)22-19-9-11-20(12-10-19)23(3)4/h5-12H,13-15H2,1-4H3,(H,22,26). The zero-order valence-electron chi connectivity index (χ0n) is 16.0. The summed E-state index contributed by atoms with van der Waals surface area (Å²) in [6.45, 7) is 4.48. The Bertz CT molecular complexity index is 754. The Morgan fingerprint density at radius 3 is 2.23 bits per heavy atom. The summed E-state index contributed by atoms with van der Waals surface area (Å²) in [5, 5.41) is 2.88. The molecule has 0 radical (unpaired) electrons. The molecule has 0 aliphatic carbocycles. The summed E-state index contributed by atoms with van der Waals surface area (Å²) in [7, 11) is 3.94. The lowest BCUT2D eigenvalue weighted by Crippen LogP contribution is -2.31. The summed E-state index contributed by atoms with van der Waals surface area (Å²) in [5.74, 6) is -0.130. The second-order valence-electron chi connectivity index (χ2n) is 6.61. The highest BCUT2D eigenvalue weighted by atomic mass is 16.2. The van der Waals surface area contributed by atoms with Crippen molar-refractivity contribution in [3.63, 3.8) is 0 Å². The number of amides is 2. The van der Waals surface area contributed by atoms with Crippen molar-refractivity contribution in [1.29, 1.82) is 0 Å². The second kappa shape index (κ2) is 9.04. The molecule has 26 heavy (non-hydrogen) atoms. The molecule has 5 nitrogen and oxygen atoms in total. The van der Waals surface area contributed by atoms with E-state index in [1.807, 2.05) is 74.4 Å². The first-order chi connectivity index (χ1) is 12.4. The fraction of sp³-hybridized carbons (Fsp3) is 0.333. The largest absolute Gasteiger partial charge is 0.378 e. The van der Waals surface area contributed by atoms with Gasteiger partial charge in [-0.25, -0.2) is 0 Å². The number of aryl methyl sites for hydroxylation is 1. The molecule has 0 aliphatic rings. The maximum absolute atomic E-state index is 12.2. The van der Waals surface area contributed by atoms with E-state index >= 15 is 0 Å². The van der Waals surface area contributed by atoms with E-state index in [-0.39, 0.29) is 18.2 Å². The lowest BCUT2D eigenvalue weighted by atomic mass is 10.1. The molecule has 0 aliphatic heterocycles. The fourth-order valence-corrected chi connectivity index (χ4v) is 2.64. The number of carbonyl (C=O) groups is 2. The van der Waals surface area contributed by atoms with Gasteiger partial charge in [0.05, 0.1) is 0 Å². The van der Waals surface area contributed by atoms with E-state index in [1.54, 1.807) is 4.90 Å². The van der Waals surface area contributed by atoms with Crippen LogP contribution in [0.2, 0.25) is 0 Å².